The summed E-state index contributed by atoms with van der Waals surface area (Å²) in [6, 6.07) is 9.37. The molecule has 0 aromatic heterocycles. The molecule has 32 heavy (non-hydrogen) atoms. The lowest BCUT2D eigenvalue weighted by Gasteiger charge is -2.15. The molecule has 0 radical (unpaired) electrons. The predicted molar refractivity (Wildman–Crippen MR) is 120 cm³/mol. The van der Waals surface area contributed by atoms with E-state index in [0.29, 0.717) is 17.0 Å². The molecule has 0 bridgehead atoms. The summed E-state index contributed by atoms with van der Waals surface area (Å²) >= 11 is 0. The second kappa shape index (κ2) is 9.96. The minimum atomic E-state index is -4.29. The second-order valence-corrected chi connectivity index (χ2v) is 11.3. The van der Waals surface area contributed by atoms with Crippen LogP contribution < -0.4 is 5.14 Å². The second-order valence-electron chi connectivity index (χ2n) is 7.81. The van der Waals surface area contributed by atoms with E-state index in [9.17, 15) is 26.7 Å². The van der Waals surface area contributed by atoms with Crippen molar-refractivity contribution < 1.29 is 26.7 Å². The van der Waals surface area contributed by atoms with Gasteiger partial charge in [0.25, 0.3) is 0 Å². The van der Waals surface area contributed by atoms with Gasteiger partial charge >= 0.3 is 0 Å². The number of carbonyl (C=O) groups is 1. The van der Waals surface area contributed by atoms with Crippen molar-refractivity contribution in [3.8, 4) is 11.8 Å². The maximum absolute atomic E-state index is 12.8. The number of ketones is 1. The maximum Gasteiger partial charge on any atom is 0.239 e. The molecule has 0 amide bonds. The average molecular weight is 476 g/mol. The molecule has 0 heterocycles. The number of nitrogens with two attached hydrogens (primary N) is 1. The summed E-state index contributed by atoms with van der Waals surface area (Å²) in [5.41, 5.74) is 1.12. The largest absolute Gasteiger partial charge is 0.392 e. The number of Topliss-reactive ketones (excluding diaryl/α,β-unsaturated/α-hetero) is 1. The van der Waals surface area contributed by atoms with Gasteiger partial charge in [-0.05, 0) is 42.7 Å². The van der Waals surface area contributed by atoms with Gasteiger partial charge in [0.05, 0.1) is 11.5 Å². The number of carbonyl (C=O) groups excluding carboxylic acids is 1. The van der Waals surface area contributed by atoms with Crippen molar-refractivity contribution in [3.05, 3.63) is 59.2 Å². The molecule has 1 saturated carbocycles. The van der Waals surface area contributed by atoms with Crippen LogP contribution in [0.25, 0.3) is 0 Å². The van der Waals surface area contributed by atoms with Crippen LogP contribution in [0.1, 0.15) is 53.6 Å². The van der Waals surface area contributed by atoms with Gasteiger partial charge in [0.15, 0.2) is 15.6 Å². The summed E-state index contributed by atoms with van der Waals surface area (Å²) in [6.45, 7) is -0.350. The third-order valence-electron chi connectivity index (χ3n) is 5.43. The molecule has 2 aromatic rings. The highest BCUT2D eigenvalue weighted by Gasteiger charge is 2.27. The van der Waals surface area contributed by atoms with E-state index in [4.69, 9.17) is 5.14 Å². The Labute approximate surface area is 188 Å². The zero-order valence-electron chi connectivity index (χ0n) is 17.5. The summed E-state index contributed by atoms with van der Waals surface area (Å²) in [6.07, 6.45) is 5.64. The van der Waals surface area contributed by atoms with E-state index in [2.05, 4.69) is 11.8 Å². The van der Waals surface area contributed by atoms with E-state index >= 15 is 0 Å². The van der Waals surface area contributed by atoms with E-state index in [-0.39, 0.29) is 12.2 Å². The third kappa shape index (κ3) is 5.84. The monoisotopic (exact) mass is 475 g/mol. The van der Waals surface area contributed by atoms with E-state index in [1.165, 1.54) is 30.7 Å². The van der Waals surface area contributed by atoms with Crippen LogP contribution >= 0.6 is 0 Å². The molecule has 0 unspecified atom stereocenters. The first-order valence-corrected chi connectivity index (χ1v) is 13.4. The molecule has 0 atom stereocenters. The van der Waals surface area contributed by atoms with Gasteiger partial charge in [-0.2, -0.15) is 0 Å². The van der Waals surface area contributed by atoms with Gasteiger partial charge < -0.3 is 5.11 Å². The molecule has 1 aliphatic carbocycles. The Hall–Kier alpha value is -2.51. The number of sulfonamides is 1. The fraction of sp³-hybridized carbons (Fsp3) is 0.348. The minimum absolute atomic E-state index is 0.0916. The SMILES string of the molecule is NS(=O)(=O)c1ccccc1S(=O)(=O)CC(=O)c1ccc(C#CC2CCCCC2)c(CO)c1. The van der Waals surface area contributed by atoms with Gasteiger partial charge in [-0.3, -0.25) is 4.79 Å². The number of hydrogen-bond donors (Lipinski definition) is 2. The molecule has 1 fully saturated rings. The Morgan fingerprint density at radius 1 is 1.00 bits per heavy atom. The number of hydrogen-bond acceptors (Lipinski definition) is 6. The van der Waals surface area contributed by atoms with Crippen molar-refractivity contribution in [2.45, 2.75) is 48.5 Å². The summed E-state index contributed by atoms with van der Waals surface area (Å²) < 4.78 is 49.0. The van der Waals surface area contributed by atoms with Gasteiger partial charge in [0, 0.05) is 17.0 Å². The molecular formula is C23H25NO6S2. The highest BCUT2D eigenvalue weighted by atomic mass is 32.2. The normalized spacial score (nSPS) is 15.1. The van der Waals surface area contributed by atoms with Crippen LogP contribution in [0.5, 0.6) is 0 Å². The Morgan fingerprint density at radius 2 is 1.66 bits per heavy atom. The first-order chi connectivity index (χ1) is 15.1. The Kier molecular flexibility index (Phi) is 7.51. The fourth-order valence-electron chi connectivity index (χ4n) is 3.72. The van der Waals surface area contributed by atoms with E-state index in [0.717, 1.165) is 37.8 Å². The molecule has 3 N–H and O–H groups in total. The molecule has 0 aliphatic heterocycles. The zero-order chi connectivity index (χ0) is 23.4. The van der Waals surface area contributed by atoms with Crippen molar-refractivity contribution in [3.63, 3.8) is 0 Å². The van der Waals surface area contributed by atoms with E-state index in [1.807, 2.05) is 0 Å². The van der Waals surface area contributed by atoms with Crippen LogP contribution in [0.3, 0.4) is 0 Å². The van der Waals surface area contributed by atoms with Crippen LogP contribution in [-0.2, 0) is 26.5 Å². The number of aliphatic hydroxyl groups excluding tert-OH is 1. The maximum atomic E-state index is 12.8. The highest BCUT2D eigenvalue weighted by molar-refractivity contribution is 7.94. The van der Waals surface area contributed by atoms with Crippen LogP contribution in [-0.4, -0.2) is 33.5 Å². The first kappa shape index (κ1) is 24.1. The predicted octanol–water partition coefficient (Wildman–Crippen LogP) is 2.41. The molecule has 0 spiro atoms. The van der Waals surface area contributed by atoms with Crippen LogP contribution in [0.4, 0.5) is 0 Å². The molecule has 3 rings (SSSR count). The van der Waals surface area contributed by atoms with E-state index < -0.39 is 41.2 Å². The standard InChI is InChI=1S/C23H25NO6S2/c24-32(29,30)23-9-5-4-8-22(23)31(27,28)16-21(26)19-13-12-18(20(14-19)15-25)11-10-17-6-2-1-3-7-17/h4-5,8-9,12-14,17,25H,1-3,6-7,15-16H2,(H2,24,29,30). The lowest BCUT2D eigenvalue weighted by molar-refractivity contribution is 0.102. The van der Waals surface area contributed by atoms with Crippen molar-refractivity contribution in [2.24, 2.45) is 11.1 Å². The molecule has 170 valence electrons. The number of primary sulfonamides is 1. The van der Waals surface area contributed by atoms with Gasteiger partial charge in [-0.1, -0.05) is 49.3 Å². The van der Waals surface area contributed by atoms with Crippen LogP contribution in [0.15, 0.2) is 52.3 Å². The third-order valence-corrected chi connectivity index (χ3v) is 8.19. The molecule has 9 heteroatoms. The number of sulfone groups is 1. The molecular weight excluding hydrogens is 450 g/mol. The number of aliphatic hydroxyl groups is 1. The van der Waals surface area contributed by atoms with E-state index in [1.54, 1.807) is 6.07 Å². The number of rotatable bonds is 6. The zero-order valence-corrected chi connectivity index (χ0v) is 19.1. The highest BCUT2D eigenvalue weighted by Crippen LogP contribution is 2.24. The molecule has 2 aromatic carbocycles. The minimum Gasteiger partial charge on any atom is -0.392 e. The van der Waals surface area contributed by atoms with Crippen LogP contribution in [0, 0.1) is 17.8 Å². The fourth-order valence-corrected chi connectivity index (χ4v) is 6.40. The average Bonchev–Trinajstić information content (AvgIpc) is 2.77. The van der Waals surface area contributed by atoms with Crippen molar-refractivity contribution in [1.82, 2.24) is 0 Å². The van der Waals surface area contributed by atoms with Crippen molar-refractivity contribution in [1.29, 1.82) is 0 Å². The molecule has 1 aliphatic rings. The van der Waals surface area contributed by atoms with Gasteiger partial charge in [-0.15, -0.1) is 0 Å². The Balaban J connectivity index is 1.85. The van der Waals surface area contributed by atoms with Crippen molar-refractivity contribution >= 4 is 25.6 Å². The lowest BCUT2D eigenvalue weighted by atomic mass is 9.89. The number of benzene rings is 2. The van der Waals surface area contributed by atoms with Crippen LogP contribution in [0.2, 0.25) is 0 Å². The van der Waals surface area contributed by atoms with Gasteiger partial charge in [0.1, 0.15) is 10.6 Å². The van der Waals surface area contributed by atoms with Gasteiger partial charge in [-0.25, -0.2) is 22.0 Å². The Morgan fingerprint density at radius 3 is 2.28 bits per heavy atom. The molecule has 0 saturated heterocycles. The Bertz CT molecular complexity index is 1280. The molecule has 7 nitrogen and oxygen atoms in total. The lowest BCUT2D eigenvalue weighted by Crippen LogP contribution is -2.21. The van der Waals surface area contributed by atoms with Crippen molar-refractivity contribution in [2.75, 3.05) is 5.75 Å². The summed E-state index contributed by atoms with van der Waals surface area (Å²) in [5, 5.41) is 14.8. The first-order valence-electron chi connectivity index (χ1n) is 10.2. The summed E-state index contributed by atoms with van der Waals surface area (Å²) in [4.78, 5) is 11.6. The summed E-state index contributed by atoms with van der Waals surface area (Å²) in [7, 11) is -8.56. The quantitative estimate of drug-likeness (QED) is 0.487. The summed E-state index contributed by atoms with van der Waals surface area (Å²) in [5.74, 6) is 4.97. The topological polar surface area (TPSA) is 132 Å². The smallest absolute Gasteiger partial charge is 0.239 e. The van der Waals surface area contributed by atoms with Gasteiger partial charge in [0.2, 0.25) is 10.0 Å².